The van der Waals surface area contributed by atoms with Crippen LogP contribution in [0.2, 0.25) is 0 Å². The fourth-order valence-electron chi connectivity index (χ4n) is 4.91. The van der Waals surface area contributed by atoms with Crippen LogP contribution >= 0.6 is 11.8 Å². The average molecular weight is 489 g/mol. The molecule has 1 saturated heterocycles. The highest BCUT2D eigenvalue weighted by Crippen LogP contribution is 2.36. The van der Waals surface area contributed by atoms with E-state index in [2.05, 4.69) is 54.1 Å². The van der Waals surface area contributed by atoms with Gasteiger partial charge >= 0.3 is 0 Å². The van der Waals surface area contributed by atoms with Gasteiger partial charge in [-0.05, 0) is 52.7 Å². The lowest BCUT2D eigenvalue weighted by molar-refractivity contribution is -0.123. The van der Waals surface area contributed by atoms with Gasteiger partial charge in [-0.2, -0.15) is 0 Å². The summed E-state index contributed by atoms with van der Waals surface area (Å²) in [4.78, 5) is 28.0. The molecule has 0 N–H and O–H groups in total. The van der Waals surface area contributed by atoms with E-state index in [1.807, 2.05) is 60.7 Å². The Labute approximate surface area is 213 Å². The fourth-order valence-corrected chi connectivity index (χ4v) is 5.74. The number of hydrogen-bond acceptors (Lipinski definition) is 3. The summed E-state index contributed by atoms with van der Waals surface area (Å²) >= 11 is 1.01. The Kier molecular flexibility index (Phi) is 5.70. The van der Waals surface area contributed by atoms with E-state index < -0.39 is 0 Å². The molecule has 36 heavy (non-hydrogen) atoms. The standard InChI is InChI=1S/C31H24N2O2S/c1-21-8-6-9-22(16-21)18-32-19-25(27-14-4-5-15-28(27)32)17-29-30(34)33(31(35)36-29)20-24-12-7-11-23-10-2-3-13-26(23)24/h2-17,19H,18,20H2,1H3/b29-17+. The van der Waals surface area contributed by atoms with Crippen LogP contribution in [-0.4, -0.2) is 20.6 Å². The van der Waals surface area contributed by atoms with Crippen molar-refractivity contribution in [3.63, 3.8) is 0 Å². The van der Waals surface area contributed by atoms with E-state index in [1.54, 1.807) is 0 Å². The van der Waals surface area contributed by atoms with E-state index in [4.69, 9.17) is 0 Å². The van der Waals surface area contributed by atoms with Gasteiger partial charge in [0.1, 0.15) is 0 Å². The number of aryl methyl sites for hydroxylation is 1. The maximum Gasteiger partial charge on any atom is 0.293 e. The average Bonchev–Trinajstić information content (AvgIpc) is 3.36. The molecule has 5 heteroatoms. The van der Waals surface area contributed by atoms with Gasteiger partial charge in [-0.1, -0.05) is 90.5 Å². The third-order valence-electron chi connectivity index (χ3n) is 6.62. The zero-order valence-corrected chi connectivity index (χ0v) is 20.7. The number of hydrogen-bond donors (Lipinski definition) is 0. The van der Waals surface area contributed by atoms with Crippen LogP contribution in [0.15, 0.2) is 102 Å². The molecule has 5 aromatic rings. The van der Waals surface area contributed by atoms with Crippen molar-refractivity contribution in [3.05, 3.63) is 124 Å². The van der Waals surface area contributed by atoms with Crippen molar-refractivity contribution in [2.24, 2.45) is 0 Å². The summed E-state index contributed by atoms with van der Waals surface area (Å²) in [7, 11) is 0. The minimum absolute atomic E-state index is 0.234. The molecule has 0 spiro atoms. The third kappa shape index (κ3) is 4.12. The summed E-state index contributed by atoms with van der Waals surface area (Å²) in [5.74, 6) is -0.242. The zero-order valence-electron chi connectivity index (χ0n) is 19.8. The second kappa shape index (κ2) is 9.17. The third-order valence-corrected chi connectivity index (χ3v) is 7.53. The van der Waals surface area contributed by atoms with Gasteiger partial charge in [-0.3, -0.25) is 14.5 Å². The Morgan fingerprint density at radius 1 is 0.806 bits per heavy atom. The van der Waals surface area contributed by atoms with Crippen molar-refractivity contribution in [2.75, 3.05) is 0 Å². The Morgan fingerprint density at radius 3 is 2.42 bits per heavy atom. The molecule has 1 fully saturated rings. The molecule has 0 unspecified atom stereocenters. The summed E-state index contributed by atoms with van der Waals surface area (Å²) < 4.78 is 2.20. The summed E-state index contributed by atoms with van der Waals surface area (Å²) in [6, 6.07) is 30.7. The highest BCUT2D eigenvalue weighted by atomic mass is 32.2. The minimum atomic E-state index is -0.242. The van der Waals surface area contributed by atoms with E-state index in [9.17, 15) is 9.59 Å². The molecular formula is C31H24N2O2S. The molecule has 2 amide bonds. The lowest BCUT2D eigenvalue weighted by Gasteiger charge is -2.14. The van der Waals surface area contributed by atoms with Crippen LogP contribution in [0.3, 0.4) is 0 Å². The van der Waals surface area contributed by atoms with E-state index in [1.165, 1.54) is 16.0 Å². The summed E-state index contributed by atoms with van der Waals surface area (Å²) in [6.45, 7) is 3.09. The SMILES string of the molecule is Cc1cccc(Cn2cc(/C=C3/SC(=O)N(Cc4cccc5ccccc45)C3=O)c3ccccc32)c1. The van der Waals surface area contributed by atoms with Gasteiger partial charge < -0.3 is 4.57 Å². The number of aromatic nitrogens is 1. The van der Waals surface area contributed by atoms with Gasteiger partial charge in [0.25, 0.3) is 11.1 Å². The number of para-hydroxylation sites is 1. The van der Waals surface area contributed by atoms with E-state index in [0.29, 0.717) is 4.91 Å². The van der Waals surface area contributed by atoms with Crippen LogP contribution in [0.1, 0.15) is 22.3 Å². The number of thioether (sulfide) groups is 1. The summed E-state index contributed by atoms with van der Waals surface area (Å²) in [5.41, 5.74) is 5.45. The fraction of sp³-hybridized carbons (Fsp3) is 0.0968. The second-order valence-electron chi connectivity index (χ2n) is 9.12. The summed E-state index contributed by atoms with van der Waals surface area (Å²) in [5, 5.41) is 2.98. The molecule has 0 radical (unpaired) electrons. The molecule has 0 bridgehead atoms. The molecule has 0 aliphatic carbocycles. The lowest BCUT2D eigenvalue weighted by atomic mass is 10.0. The van der Waals surface area contributed by atoms with Crippen LogP contribution < -0.4 is 0 Å². The zero-order chi connectivity index (χ0) is 24.6. The van der Waals surface area contributed by atoms with Crippen molar-refractivity contribution in [1.29, 1.82) is 0 Å². The number of fused-ring (bicyclic) bond motifs is 2. The van der Waals surface area contributed by atoms with Crippen LogP contribution in [0.5, 0.6) is 0 Å². The maximum atomic E-state index is 13.3. The second-order valence-corrected chi connectivity index (χ2v) is 10.1. The topological polar surface area (TPSA) is 42.3 Å². The van der Waals surface area contributed by atoms with Crippen molar-refractivity contribution in [2.45, 2.75) is 20.0 Å². The Balaban J connectivity index is 1.32. The number of imide groups is 1. The van der Waals surface area contributed by atoms with E-state index in [0.717, 1.165) is 51.1 Å². The molecule has 2 heterocycles. The van der Waals surface area contributed by atoms with E-state index >= 15 is 0 Å². The predicted octanol–water partition coefficient (Wildman–Crippen LogP) is 7.39. The Bertz CT molecular complexity index is 1680. The molecule has 1 aromatic heterocycles. The van der Waals surface area contributed by atoms with Gasteiger partial charge in [-0.25, -0.2) is 0 Å². The maximum absolute atomic E-state index is 13.3. The van der Waals surface area contributed by atoms with Crippen molar-refractivity contribution < 1.29 is 9.59 Å². The van der Waals surface area contributed by atoms with Crippen molar-refractivity contribution in [3.8, 4) is 0 Å². The quantitative estimate of drug-likeness (QED) is 0.242. The van der Waals surface area contributed by atoms with Crippen molar-refractivity contribution >= 4 is 50.7 Å². The monoisotopic (exact) mass is 488 g/mol. The number of rotatable bonds is 5. The van der Waals surface area contributed by atoms with Crippen LogP contribution in [0.4, 0.5) is 4.79 Å². The molecule has 0 saturated carbocycles. The van der Waals surface area contributed by atoms with Gasteiger partial charge in [0, 0.05) is 29.2 Å². The normalized spacial score (nSPS) is 15.0. The molecule has 4 nitrogen and oxygen atoms in total. The van der Waals surface area contributed by atoms with Gasteiger partial charge in [0.15, 0.2) is 0 Å². The highest BCUT2D eigenvalue weighted by Gasteiger charge is 2.35. The molecule has 4 aromatic carbocycles. The Morgan fingerprint density at radius 2 is 1.56 bits per heavy atom. The highest BCUT2D eigenvalue weighted by molar-refractivity contribution is 8.18. The predicted molar refractivity (Wildman–Crippen MR) is 148 cm³/mol. The molecule has 1 aliphatic heterocycles. The molecule has 1 aliphatic rings. The minimum Gasteiger partial charge on any atom is -0.342 e. The molecule has 0 atom stereocenters. The number of carbonyl (C=O) groups excluding carboxylic acids is 2. The molecule has 6 rings (SSSR count). The number of amides is 2. The first-order chi connectivity index (χ1) is 17.6. The smallest absolute Gasteiger partial charge is 0.293 e. The number of nitrogens with zero attached hydrogens (tertiary/aromatic N) is 2. The first-order valence-corrected chi connectivity index (χ1v) is 12.7. The van der Waals surface area contributed by atoms with E-state index in [-0.39, 0.29) is 17.7 Å². The molecular weight excluding hydrogens is 464 g/mol. The number of carbonyl (C=O) groups is 2. The first-order valence-electron chi connectivity index (χ1n) is 11.9. The molecule has 176 valence electrons. The van der Waals surface area contributed by atoms with Gasteiger partial charge in [0.2, 0.25) is 0 Å². The number of benzene rings is 4. The summed E-state index contributed by atoms with van der Waals surface area (Å²) in [6.07, 6.45) is 3.94. The van der Waals surface area contributed by atoms with Crippen LogP contribution in [0.25, 0.3) is 27.8 Å². The van der Waals surface area contributed by atoms with Crippen LogP contribution in [0, 0.1) is 6.92 Å². The lowest BCUT2D eigenvalue weighted by Crippen LogP contribution is -2.27. The Hall–Kier alpha value is -4.09. The van der Waals surface area contributed by atoms with Gasteiger partial charge in [-0.15, -0.1) is 0 Å². The first kappa shape index (κ1) is 22.4. The van der Waals surface area contributed by atoms with Crippen LogP contribution in [-0.2, 0) is 17.9 Å². The largest absolute Gasteiger partial charge is 0.342 e. The van der Waals surface area contributed by atoms with Gasteiger partial charge in [0.05, 0.1) is 11.4 Å². The van der Waals surface area contributed by atoms with Crippen molar-refractivity contribution in [1.82, 2.24) is 9.47 Å².